The van der Waals surface area contributed by atoms with Crippen molar-refractivity contribution in [3.05, 3.63) is 59.9 Å². The summed E-state index contributed by atoms with van der Waals surface area (Å²) in [6.07, 6.45) is 0.604. The molecular formula is C18H21FN2O4S. The second kappa shape index (κ2) is 8.77. The van der Waals surface area contributed by atoms with E-state index < -0.39 is 27.8 Å². The number of ether oxygens (including phenoxy) is 1. The maximum absolute atomic E-state index is 12.9. The van der Waals surface area contributed by atoms with Crippen molar-refractivity contribution < 1.29 is 22.3 Å². The average molecular weight is 380 g/mol. The van der Waals surface area contributed by atoms with Crippen LogP contribution in [-0.2, 0) is 21.2 Å². The summed E-state index contributed by atoms with van der Waals surface area (Å²) in [6, 6.07) is 10.9. The Bertz CT molecular complexity index is 836. The van der Waals surface area contributed by atoms with Crippen LogP contribution in [0.4, 0.5) is 4.39 Å². The Labute approximate surface area is 152 Å². The summed E-state index contributed by atoms with van der Waals surface area (Å²) in [6.45, 7) is 1.82. The molecule has 0 fully saturated rings. The van der Waals surface area contributed by atoms with E-state index in [9.17, 15) is 17.6 Å². The minimum Gasteiger partial charge on any atom is -0.497 e. The van der Waals surface area contributed by atoms with Gasteiger partial charge in [-0.2, -0.15) is 4.72 Å². The molecule has 2 aromatic rings. The number of hydrogen-bond acceptors (Lipinski definition) is 4. The highest BCUT2D eigenvalue weighted by molar-refractivity contribution is 7.89. The van der Waals surface area contributed by atoms with Crippen molar-refractivity contribution in [1.29, 1.82) is 0 Å². The number of hydrogen-bond donors (Lipinski definition) is 2. The van der Waals surface area contributed by atoms with Gasteiger partial charge in [-0.05, 0) is 55.3 Å². The van der Waals surface area contributed by atoms with Crippen LogP contribution in [0, 0.1) is 5.82 Å². The Morgan fingerprint density at radius 2 is 1.73 bits per heavy atom. The second-order valence-corrected chi connectivity index (χ2v) is 7.40. The third-order valence-electron chi connectivity index (χ3n) is 3.72. The first kappa shape index (κ1) is 19.9. The van der Waals surface area contributed by atoms with Crippen LogP contribution >= 0.6 is 0 Å². The Kier molecular flexibility index (Phi) is 6.70. The zero-order valence-electron chi connectivity index (χ0n) is 14.5. The van der Waals surface area contributed by atoms with Crippen LogP contribution in [-0.4, -0.2) is 34.0 Å². The minimum absolute atomic E-state index is 0.100. The number of sulfonamides is 1. The highest BCUT2D eigenvalue weighted by atomic mass is 32.2. The van der Waals surface area contributed by atoms with Gasteiger partial charge < -0.3 is 10.1 Å². The van der Waals surface area contributed by atoms with Gasteiger partial charge >= 0.3 is 0 Å². The van der Waals surface area contributed by atoms with Crippen molar-refractivity contribution in [1.82, 2.24) is 10.0 Å². The topological polar surface area (TPSA) is 84.5 Å². The summed E-state index contributed by atoms with van der Waals surface area (Å²) in [4.78, 5) is 12.0. The zero-order chi connectivity index (χ0) is 19.2. The van der Waals surface area contributed by atoms with Crippen LogP contribution in [0.5, 0.6) is 5.75 Å². The monoisotopic (exact) mass is 380 g/mol. The van der Waals surface area contributed by atoms with Gasteiger partial charge in [0.2, 0.25) is 15.9 Å². The van der Waals surface area contributed by atoms with E-state index >= 15 is 0 Å². The molecule has 0 bridgehead atoms. The lowest BCUT2D eigenvalue weighted by Crippen LogP contribution is -2.45. The largest absolute Gasteiger partial charge is 0.497 e. The molecule has 0 aliphatic rings. The van der Waals surface area contributed by atoms with Gasteiger partial charge in [-0.25, -0.2) is 12.8 Å². The standard InChI is InChI=1S/C18H21FN2O4S/c1-13(21-26(23,24)17-9-5-15(19)6-10-17)18(22)20-12-11-14-3-7-16(25-2)8-4-14/h3-10,13,21H,11-12H2,1-2H3,(H,20,22)/t13-/m1/s1. The first-order chi connectivity index (χ1) is 12.3. The third-order valence-corrected chi connectivity index (χ3v) is 5.28. The molecule has 0 saturated heterocycles. The van der Waals surface area contributed by atoms with Crippen molar-refractivity contribution in [2.75, 3.05) is 13.7 Å². The number of nitrogens with one attached hydrogen (secondary N) is 2. The first-order valence-corrected chi connectivity index (χ1v) is 9.48. The number of carbonyl (C=O) groups excluding carboxylic acids is 1. The molecule has 1 amide bonds. The zero-order valence-corrected chi connectivity index (χ0v) is 15.3. The maximum atomic E-state index is 12.9. The minimum atomic E-state index is -3.90. The van der Waals surface area contributed by atoms with Gasteiger partial charge in [-0.3, -0.25) is 4.79 Å². The van der Waals surface area contributed by atoms with Gasteiger partial charge in [0.05, 0.1) is 18.0 Å². The third kappa shape index (κ3) is 5.53. The molecular weight excluding hydrogens is 359 g/mol. The molecule has 0 aromatic heterocycles. The Balaban J connectivity index is 1.85. The van der Waals surface area contributed by atoms with Crippen molar-refractivity contribution in [2.45, 2.75) is 24.3 Å². The fourth-order valence-electron chi connectivity index (χ4n) is 2.24. The molecule has 2 N–H and O–H groups in total. The van der Waals surface area contributed by atoms with Gasteiger partial charge in [-0.15, -0.1) is 0 Å². The van der Waals surface area contributed by atoms with Gasteiger partial charge in [0, 0.05) is 6.54 Å². The molecule has 2 aromatic carbocycles. The summed E-state index contributed by atoms with van der Waals surface area (Å²) in [5, 5.41) is 2.69. The number of carbonyl (C=O) groups is 1. The molecule has 140 valence electrons. The molecule has 0 unspecified atom stereocenters. The lowest BCUT2D eigenvalue weighted by molar-refractivity contribution is -0.122. The van der Waals surface area contributed by atoms with Gasteiger partial charge in [0.25, 0.3) is 0 Å². The highest BCUT2D eigenvalue weighted by Crippen LogP contribution is 2.12. The number of halogens is 1. The van der Waals surface area contributed by atoms with Crippen LogP contribution in [0.1, 0.15) is 12.5 Å². The summed E-state index contributed by atoms with van der Waals surface area (Å²) >= 11 is 0. The van der Waals surface area contributed by atoms with Crippen molar-refractivity contribution >= 4 is 15.9 Å². The molecule has 0 saturated carbocycles. The molecule has 1 atom stereocenters. The molecule has 6 nitrogen and oxygen atoms in total. The smallest absolute Gasteiger partial charge is 0.241 e. The molecule has 26 heavy (non-hydrogen) atoms. The van der Waals surface area contributed by atoms with Crippen molar-refractivity contribution in [3.63, 3.8) is 0 Å². The van der Waals surface area contributed by atoms with Crippen LogP contribution in [0.25, 0.3) is 0 Å². The summed E-state index contributed by atoms with van der Waals surface area (Å²) in [7, 11) is -2.31. The van der Waals surface area contributed by atoms with Crippen molar-refractivity contribution in [3.8, 4) is 5.75 Å². The van der Waals surface area contributed by atoms with Crippen molar-refractivity contribution in [2.24, 2.45) is 0 Å². The van der Waals surface area contributed by atoms with Gasteiger partial charge in [0.1, 0.15) is 11.6 Å². The van der Waals surface area contributed by atoms with E-state index in [1.54, 1.807) is 7.11 Å². The number of methoxy groups -OCH3 is 1. The summed E-state index contributed by atoms with van der Waals surface area (Å²) < 4.78 is 44.6. The molecule has 0 spiro atoms. The molecule has 2 rings (SSSR count). The van der Waals surface area contributed by atoms with E-state index in [1.807, 2.05) is 24.3 Å². The van der Waals surface area contributed by atoms with Crippen LogP contribution in [0.3, 0.4) is 0 Å². The van der Waals surface area contributed by atoms with Gasteiger partial charge in [0.15, 0.2) is 0 Å². The fourth-order valence-corrected chi connectivity index (χ4v) is 3.45. The lowest BCUT2D eigenvalue weighted by atomic mass is 10.1. The number of amides is 1. The quantitative estimate of drug-likeness (QED) is 0.732. The van der Waals surface area contributed by atoms with E-state index in [4.69, 9.17) is 4.74 Å². The van der Waals surface area contributed by atoms with E-state index in [-0.39, 0.29) is 4.90 Å². The Hall–Kier alpha value is -2.45. The Morgan fingerprint density at radius 3 is 2.31 bits per heavy atom. The SMILES string of the molecule is COc1ccc(CCNC(=O)[C@@H](C)NS(=O)(=O)c2ccc(F)cc2)cc1. The molecule has 0 heterocycles. The van der Waals surface area contributed by atoms with Gasteiger partial charge in [-0.1, -0.05) is 12.1 Å². The first-order valence-electron chi connectivity index (χ1n) is 8.00. The van der Waals surface area contributed by atoms with E-state index in [0.717, 1.165) is 35.6 Å². The van der Waals surface area contributed by atoms with E-state index in [0.29, 0.717) is 13.0 Å². The summed E-state index contributed by atoms with van der Waals surface area (Å²) in [5.41, 5.74) is 1.02. The fraction of sp³-hybridized carbons (Fsp3) is 0.278. The predicted molar refractivity (Wildman–Crippen MR) is 95.9 cm³/mol. The highest BCUT2D eigenvalue weighted by Gasteiger charge is 2.21. The Morgan fingerprint density at radius 1 is 1.12 bits per heavy atom. The number of benzene rings is 2. The average Bonchev–Trinajstić information content (AvgIpc) is 2.62. The number of rotatable bonds is 8. The van der Waals surface area contributed by atoms with Crippen LogP contribution < -0.4 is 14.8 Å². The normalized spacial score (nSPS) is 12.4. The van der Waals surface area contributed by atoms with Crippen LogP contribution in [0.2, 0.25) is 0 Å². The summed E-state index contributed by atoms with van der Waals surface area (Å²) in [5.74, 6) is -0.223. The molecule has 0 radical (unpaired) electrons. The van der Waals surface area contributed by atoms with E-state index in [2.05, 4.69) is 10.0 Å². The maximum Gasteiger partial charge on any atom is 0.241 e. The van der Waals surface area contributed by atoms with Crippen LogP contribution in [0.15, 0.2) is 53.4 Å². The molecule has 8 heteroatoms. The molecule has 0 aliphatic heterocycles. The lowest BCUT2D eigenvalue weighted by Gasteiger charge is -2.14. The van der Waals surface area contributed by atoms with E-state index in [1.165, 1.54) is 6.92 Å². The molecule has 0 aliphatic carbocycles. The second-order valence-electron chi connectivity index (χ2n) is 5.69. The predicted octanol–water partition coefficient (Wildman–Crippen LogP) is 1.86.